The van der Waals surface area contributed by atoms with Crippen molar-refractivity contribution in [1.82, 2.24) is 44.7 Å². The summed E-state index contributed by atoms with van der Waals surface area (Å²) in [6, 6.07) is 1.80. The van der Waals surface area contributed by atoms with Crippen LogP contribution in [0.4, 0.5) is 23.1 Å². The van der Waals surface area contributed by atoms with Crippen LogP contribution in [0.1, 0.15) is 16.1 Å². The largest absolute Gasteiger partial charge is 0.381 e. The van der Waals surface area contributed by atoms with Crippen LogP contribution in [-0.4, -0.2) is 84.7 Å². The predicted octanol–water partition coefficient (Wildman–Crippen LogP) is 1.60. The van der Waals surface area contributed by atoms with Crippen LogP contribution in [0.15, 0.2) is 30.9 Å². The first-order chi connectivity index (χ1) is 18.4. The number of pyridine rings is 1. The first-order valence-electron chi connectivity index (χ1n) is 12.7. The number of aromatic nitrogens is 7. The van der Waals surface area contributed by atoms with E-state index in [2.05, 4.69) is 46.0 Å². The molecule has 2 aliphatic heterocycles. The molecule has 0 bridgehead atoms. The van der Waals surface area contributed by atoms with E-state index in [-0.39, 0.29) is 5.91 Å². The molecule has 198 valence electrons. The Balaban J connectivity index is 1.12. The van der Waals surface area contributed by atoms with Gasteiger partial charge in [-0.2, -0.15) is 15.2 Å². The molecule has 6 heterocycles. The van der Waals surface area contributed by atoms with E-state index in [9.17, 15) is 4.79 Å². The Morgan fingerprint density at radius 1 is 1.11 bits per heavy atom. The van der Waals surface area contributed by atoms with Gasteiger partial charge in [0.25, 0.3) is 5.91 Å². The second kappa shape index (κ2) is 9.99. The van der Waals surface area contributed by atoms with Gasteiger partial charge in [0.2, 0.25) is 5.95 Å². The highest BCUT2D eigenvalue weighted by molar-refractivity contribution is 5.96. The van der Waals surface area contributed by atoms with Crippen LogP contribution >= 0.6 is 0 Å². The molecule has 38 heavy (non-hydrogen) atoms. The number of fused-ring (bicyclic) bond motifs is 2. The zero-order valence-electron chi connectivity index (χ0n) is 21.7. The number of aryl methyl sites for hydroxylation is 3. The van der Waals surface area contributed by atoms with Crippen molar-refractivity contribution in [2.45, 2.75) is 6.92 Å². The lowest BCUT2D eigenvalue weighted by molar-refractivity contribution is 0.0947. The van der Waals surface area contributed by atoms with E-state index in [4.69, 9.17) is 4.74 Å². The Morgan fingerprint density at radius 2 is 1.92 bits per heavy atom. The third kappa shape index (κ3) is 4.89. The maximum Gasteiger partial charge on any atom is 0.252 e. The van der Waals surface area contributed by atoms with Crippen LogP contribution in [0, 0.1) is 18.8 Å². The van der Waals surface area contributed by atoms with Gasteiger partial charge < -0.3 is 25.6 Å². The van der Waals surface area contributed by atoms with Gasteiger partial charge in [0.05, 0.1) is 47.4 Å². The zero-order chi connectivity index (χ0) is 26.2. The Bertz CT molecular complexity index is 1470. The highest BCUT2D eigenvalue weighted by Crippen LogP contribution is 2.29. The van der Waals surface area contributed by atoms with Gasteiger partial charge in [-0.3, -0.25) is 14.5 Å². The Hall–Kier alpha value is -4.10. The van der Waals surface area contributed by atoms with Gasteiger partial charge in [-0.25, -0.2) is 9.67 Å². The fourth-order valence-electron chi connectivity index (χ4n) is 5.11. The van der Waals surface area contributed by atoms with E-state index in [0.29, 0.717) is 47.0 Å². The number of nitrogens with zero attached hydrogens (tertiary/aromatic N) is 8. The molecule has 0 saturated carbocycles. The summed E-state index contributed by atoms with van der Waals surface area (Å²) in [4.78, 5) is 28.8. The van der Waals surface area contributed by atoms with Gasteiger partial charge in [0.15, 0.2) is 11.5 Å². The van der Waals surface area contributed by atoms with E-state index >= 15 is 0 Å². The molecule has 2 saturated heterocycles. The summed E-state index contributed by atoms with van der Waals surface area (Å²) in [5.74, 6) is 2.16. The zero-order valence-corrected chi connectivity index (χ0v) is 21.7. The molecule has 2 fully saturated rings. The molecule has 13 heteroatoms. The number of hydrogen-bond acceptors (Lipinski definition) is 10. The van der Waals surface area contributed by atoms with Crippen molar-refractivity contribution < 1.29 is 9.53 Å². The quantitative estimate of drug-likeness (QED) is 0.316. The van der Waals surface area contributed by atoms with Crippen LogP contribution < -0.4 is 16.0 Å². The molecule has 2 aliphatic rings. The van der Waals surface area contributed by atoms with E-state index < -0.39 is 0 Å². The lowest BCUT2D eigenvalue weighted by Crippen LogP contribution is -2.34. The van der Waals surface area contributed by atoms with Gasteiger partial charge in [-0.15, -0.1) is 0 Å². The Kier molecular flexibility index (Phi) is 6.37. The molecule has 6 rings (SSSR count). The Labute approximate surface area is 219 Å². The first-order valence-corrected chi connectivity index (χ1v) is 12.7. The maximum atomic E-state index is 12.9. The third-order valence-electron chi connectivity index (χ3n) is 7.17. The molecule has 0 radical (unpaired) electrons. The number of likely N-dealkylation sites (tertiary alicyclic amines) is 1. The minimum atomic E-state index is -0.149. The first kappa shape index (κ1) is 24.2. The minimum Gasteiger partial charge on any atom is -0.381 e. The number of amides is 1. The number of anilines is 4. The minimum absolute atomic E-state index is 0.149. The van der Waals surface area contributed by atoms with E-state index in [1.165, 1.54) is 0 Å². The average molecular weight is 518 g/mol. The summed E-state index contributed by atoms with van der Waals surface area (Å²) in [6.07, 6.45) is 6.86. The van der Waals surface area contributed by atoms with Gasteiger partial charge in [0, 0.05) is 70.7 Å². The molecule has 1 amide bonds. The SMILES string of the molecule is Cc1ncc(C(=O)NCCN2CC3COCC3C2)cc1Nc1nn(C)c2nc(Nc3cnn(C)c3)ncc12. The summed E-state index contributed by atoms with van der Waals surface area (Å²) in [6.45, 7) is 7.12. The number of hydrogen-bond donors (Lipinski definition) is 3. The van der Waals surface area contributed by atoms with Gasteiger partial charge in [-0.1, -0.05) is 0 Å². The van der Waals surface area contributed by atoms with Crippen molar-refractivity contribution in [3.8, 4) is 0 Å². The van der Waals surface area contributed by atoms with E-state index in [1.807, 2.05) is 27.2 Å². The molecule has 0 spiro atoms. The molecule has 4 aromatic heterocycles. The topological polar surface area (TPSA) is 140 Å². The van der Waals surface area contributed by atoms with Crippen molar-refractivity contribution in [2.24, 2.45) is 25.9 Å². The third-order valence-corrected chi connectivity index (χ3v) is 7.17. The summed E-state index contributed by atoms with van der Waals surface area (Å²) in [7, 11) is 3.67. The van der Waals surface area contributed by atoms with Crippen LogP contribution in [0.2, 0.25) is 0 Å². The van der Waals surface area contributed by atoms with E-state index in [1.54, 1.807) is 34.0 Å². The van der Waals surface area contributed by atoms with Gasteiger partial charge in [-0.05, 0) is 13.0 Å². The van der Waals surface area contributed by atoms with Gasteiger partial charge >= 0.3 is 0 Å². The Morgan fingerprint density at radius 3 is 2.68 bits per heavy atom. The predicted molar refractivity (Wildman–Crippen MR) is 142 cm³/mol. The van der Waals surface area contributed by atoms with Crippen LogP contribution in [0.25, 0.3) is 11.0 Å². The van der Waals surface area contributed by atoms with Crippen molar-refractivity contribution in [3.05, 3.63) is 42.1 Å². The van der Waals surface area contributed by atoms with Crippen molar-refractivity contribution >= 4 is 40.1 Å². The van der Waals surface area contributed by atoms with E-state index in [0.717, 1.165) is 49.6 Å². The molecule has 13 nitrogen and oxygen atoms in total. The summed E-state index contributed by atoms with van der Waals surface area (Å²) in [5, 5.41) is 19.0. The normalized spacial score (nSPS) is 19.1. The monoisotopic (exact) mass is 517 g/mol. The summed E-state index contributed by atoms with van der Waals surface area (Å²) in [5.41, 5.74) is 3.39. The van der Waals surface area contributed by atoms with Gasteiger partial charge in [0.1, 0.15) is 0 Å². The lowest BCUT2D eigenvalue weighted by atomic mass is 10.0. The highest BCUT2D eigenvalue weighted by atomic mass is 16.5. The summed E-state index contributed by atoms with van der Waals surface area (Å²) >= 11 is 0. The molecular formula is C25H31N11O2. The van der Waals surface area contributed by atoms with Crippen LogP contribution in [0.3, 0.4) is 0 Å². The average Bonchev–Trinajstić information content (AvgIpc) is 3.66. The molecule has 2 atom stereocenters. The van der Waals surface area contributed by atoms with Crippen molar-refractivity contribution in [2.75, 3.05) is 50.0 Å². The fourth-order valence-corrected chi connectivity index (χ4v) is 5.11. The smallest absolute Gasteiger partial charge is 0.252 e. The lowest BCUT2D eigenvalue weighted by Gasteiger charge is -2.17. The molecule has 2 unspecified atom stereocenters. The number of carbonyl (C=O) groups is 1. The molecular weight excluding hydrogens is 486 g/mol. The molecule has 0 aliphatic carbocycles. The highest BCUT2D eigenvalue weighted by Gasteiger charge is 2.36. The molecule has 3 N–H and O–H groups in total. The molecule has 4 aromatic rings. The number of rotatable bonds is 8. The van der Waals surface area contributed by atoms with Crippen LogP contribution in [-0.2, 0) is 18.8 Å². The standard InChI is InChI=1S/C25H31N11O2/c1-15-21(6-16(7-27-15)24(37)26-4-5-36-10-17-13-38-14-18(17)11-36)31-22-20-9-28-25(32-23(20)35(3)33-22)30-19-8-29-34(2)12-19/h6-9,12,17-18H,4-5,10-11,13-14H2,1-3H3,(H,26,37)(H,31,33)(H,28,30,32). The van der Waals surface area contributed by atoms with Crippen molar-refractivity contribution in [1.29, 1.82) is 0 Å². The van der Waals surface area contributed by atoms with Crippen molar-refractivity contribution in [3.63, 3.8) is 0 Å². The summed E-state index contributed by atoms with van der Waals surface area (Å²) < 4.78 is 8.93. The number of ether oxygens (including phenoxy) is 1. The fraction of sp³-hybridized carbons (Fsp3) is 0.440. The molecule has 0 aromatic carbocycles. The number of nitrogens with one attached hydrogen (secondary N) is 3. The second-order valence-corrected chi connectivity index (χ2v) is 9.99. The van der Waals surface area contributed by atoms with Crippen LogP contribution in [0.5, 0.6) is 0 Å². The second-order valence-electron chi connectivity index (χ2n) is 9.99. The maximum absolute atomic E-state index is 12.9. The number of carbonyl (C=O) groups excluding carboxylic acids is 1.